The van der Waals surface area contributed by atoms with Crippen molar-refractivity contribution in [2.24, 2.45) is 0 Å². The number of amides is 1. The van der Waals surface area contributed by atoms with Crippen LogP contribution >= 0.6 is 0 Å². The second-order valence-electron chi connectivity index (χ2n) is 4.99. The van der Waals surface area contributed by atoms with Gasteiger partial charge in [-0.3, -0.25) is 9.59 Å². The third-order valence-electron chi connectivity index (χ3n) is 3.40. The van der Waals surface area contributed by atoms with Gasteiger partial charge in [-0.2, -0.15) is 0 Å². The fraction of sp³-hybridized carbons (Fsp3) is 0.0588. The van der Waals surface area contributed by atoms with Crippen LogP contribution in [0.2, 0.25) is 0 Å². The third kappa shape index (κ3) is 2.44. The summed E-state index contributed by atoms with van der Waals surface area (Å²) in [6, 6.07) is 12.1. The number of hydrogen-bond donors (Lipinski definition) is 3. The fourth-order valence-corrected chi connectivity index (χ4v) is 2.50. The summed E-state index contributed by atoms with van der Waals surface area (Å²) in [5, 5.41) is 13.8. The van der Waals surface area contributed by atoms with E-state index < -0.39 is 0 Å². The molecule has 0 fully saturated rings. The molecule has 3 aromatic rings. The molecule has 5 nitrogen and oxygen atoms in total. The topological polar surface area (TPSA) is 82.2 Å². The van der Waals surface area contributed by atoms with Crippen LogP contribution in [0.3, 0.4) is 0 Å². The number of benzene rings is 2. The first-order valence-electron chi connectivity index (χ1n) is 6.77. The third-order valence-corrected chi connectivity index (χ3v) is 3.40. The number of fused-ring (bicyclic) bond motifs is 1. The van der Waals surface area contributed by atoms with Gasteiger partial charge in [0.15, 0.2) is 0 Å². The second-order valence-corrected chi connectivity index (χ2v) is 4.99. The van der Waals surface area contributed by atoms with Crippen LogP contribution in [0.4, 0.5) is 5.69 Å². The SMILES string of the molecule is CC(=O)Nc1cccc(-c2c[nH]c(=O)c3cccc(O)c23)c1. The Balaban J connectivity index is 2.25. The van der Waals surface area contributed by atoms with E-state index in [9.17, 15) is 14.7 Å². The van der Waals surface area contributed by atoms with E-state index in [-0.39, 0.29) is 17.2 Å². The average Bonchev–Trinajstić information content (AvgIpc) is 2.48. The van der Waals surface area contributed by atoms with Gasteiger partial charge >= 0.3 is 0 Å². The largest absolute Gasteiger partial charge is 0.507 e. The molecule has 0 aliphatic carbocycles. The lowest BCUT2D eigenvalue weighted by molar-refractivity contribution is -0.114. The average molecular weight is 294 g/mol. The maximum atomic E-state index is 11.9. The number of H-pyrrole nitrogens is 1. The van der Waals surface area contributed by atoms with Gasteiger partial charge in [-0.15, -0.1) is 0 Å². The summed E-state index contributed by atoms with van der Waals surface area (Å²) < 4.78 is 0. The second kappa shape index (κ2) is 5.37. The molecule has 3 rings (SSSR count). The lowest BCUT2D eigenvalue weighted by Gasteiger charge is -2.10. The number of anilines is 1. The molecule has 0 radical (unpaired) electrons. The zero-order valence-corrected chi connectivity index (χ0v) is 11.9. The highest BCUT2D eigenvalue weighted by Crippen LogP contribution is 2.33. The fourth-order valence-electron chi connectivity index (χ4n) is 2.50. The molecular formula is C17H14N2O3. The molecule has 1 heterocycles. The number of aromatic amines is 1. The molecule has 0 saturated heterocycles. The Morgan fingerprint density at radius 1 is 1.18 bits per heavy atom. The van der Waals surface area contributed by atoms with E-state index in [1.807, 2.05) is 6.07 Å². The van der Waals surface area contributed by atoms with E-state index in [2.05, 4.69) is 10.3 Å². The minimum absolute atomic E-state index is 0.0449. The monoisotopic (exact) mass is 294 g/mol. The van der Waals surface area contributed by atoms with E-state index in [1.54, 1.807) is 42.6 Å². The van der Waals surface area contributed by atoms with Crippen molar-refractivity contribution in [3.8, 4) is 16.9 Å². The summed E-state index contributed by atoms with van der Waals surface area (Å²) in [5.74, 6) is -0.116. The van der Waals surface area contributed by atoms with Crippen LogP contribution in [0.1, 0.15) is 6.92 Å². The van der Waals surface area contributed by atoms with Crippen molar-refractivity contribution in [1.29, 1.82) is 0 Å². The lowest BCUT2D eigenvalue weighted by atomic mass is 9.99. The molecule has 0 aliphatic rings. The van der Waals surface area contributed by atoms with Gasteiger partial charge in [0, 0.05) is 29.8 Å². The van der Waals surface area contributed by atoms with Crippen LogP contribution < -0.4 is 10.9 Å². The highest BCUT2D eigenvalue weighted by Gasteiger charge is 2.11. The van der Waals surface area contributed by atoms with E-state index in [4.69, 9.17) is 0 Å². The smallest absolute Gasteiger partial charge is 0.255 e. The van der Waals surface area contributed by atoms with E-state index >= 15 is 0 Å². The molecular weight excluding hydrogens is 280 g/mol. The van der Waals surface area contributed by atoms with Gasteiger partial charge < -0.3 is 15.4 Å². The molecule has 0 saturated carbocycles. The Bertz CT molecular complexity index is 929. The molecule has 5 heteroatoms. The number of aromatic nitrogens is 1. The van der Waals surface area contributed by atoms with Gasteiger partial charge in [0.05, 0.1) is 5.39 Å². The van der Waals surface area contributed by atoms with Crippen LogP contribution in [-0.2, 0) is 4.79 Å². The van der Waals surface area contributed by atoms with Gasteiger partial charge in [0.2, 0.25) is 5.91 Å². The van der Waals surface area contributed by atoms with E-state index in [1.165, 1.54) is 6.92 Å². The van der Waals surface area contributed by atoms with Crippen LogP contribution in [0.15, 0.2) is 53.5 Å². The number of aromatic hydroxyl groups is 1. The molecule has 0 bridgehead atoms. The normalized spacial score (nSPS) is 10.6. The van der Waals surface area contributed by atoms with Crippen molar-refractivity contribution < 1.29 is 9.90 Å². The van der Waals surface area contributed by atoms with Crippen LogP contribution in [0.25, 0.3) is 21.9 Å². The molecule has 2 aromatic carbocycles. The van der Waals surface area contributed by atoms with Crippen molar-refractivity contribution in [3.63, 3.8) is 0 Å². The summed E-state index contributed by atoms with van der Waals surface area (Å²) in [7, 11) is 0. The predicted molar refractivity (Wildman–Crippen MR) is 86.0 cm³/mol. The van der Waals surface area contributed by atoms with Crippen molar-refractivity contribution in [3.05, 3.63) is 59.0 Å². The summed E-state index contributed by atoms with van der Waals surface area (Å²) in [5.41, 5.74) is 1.88. The number of nitrogens with one attached hydrogen (secondary N) is 2. The van der Waals surface area contributed by atoms with Crippen LogP contribution in [0, 0.1) is 0 Å². The maximum absolute atomic E-state index is 11.9. The zero-order chi connectivity index (χ0) is 15.7. The van der Waals surface area contributed by atoms with Gasteiger partial charge in [0.25, 0.3) is 5.56 Å². The Morgan fingerprint density at radius 3 is 2.73 bits per heavy atom. The standard InChI is InChI=1S/C17H14N2O3/c1-10(20)19-12-5-2-4-11(8-12)14-9-18-17(22)13-6-3-7-15(21)16(13)14/h2-9,21H,1H3,(H,18,22)(H,19,20). The summed E-state index contributed by atoms with van der Waals surface area (Å²) >= 11 is 0. The number of phenolic OH excluding ortho intramolecular Hbond substituents is 1. The highest BCUT2D eigenvalue weighted by molar-refractivity contribution is 6.00. The first-order valence-corrected chi connectivity index (χ1v) is 6.77. The van der Waals surface area contributed by atoms with Gasteiger partial charge in [-0.1, -0.05) is 18.2 Å². The van der Waals surface area contributed by atoms with E-state index in [0.29, 0.717) is 22.0 Å². The van der Waals surface area contributed by atoms with Gasteiger partial charge in [0.1, 0.15) is 5.75 Å². The molecule has 1 amide bonds. The molecule has 0 aliphatic heterocycles. The van der Waals surface area contributed by atoms with Crippen molar-refractivity contribution in [2.75, 3.05) is 5.32 Å². The molecule has 0 spiro atoms. The number of carbonyl (C=O) groups excluding carboxylic acids is 1. The molecule has 0 unspecified atom stereocenters. The van der Waals surface area contributed by atoms with Crippen molar-refractivity contribution in [1.82, 2.24) is 4.98 Å². The Labute approximate surface area is 126 Å². The van der Waals surface area contributed by atoms with Crippen molar-refractivity contribution >= 4 is 22.4 Å². The minimum atomic E-state index is -0.257. The van der Waals surface area contributed by atoms with Gasteiger partial charge in [-0.05, 0) is 29.8 Å². The van der Waals surface area contributed by atoms with E-state index in [0.717, 1.165) is 5.56 Å². The molecule has 3 N–H and O–H groups in total. The summed E-state index contributed by atoms with van der Waals surface area (Å²) in [6.45, 7) is 1.44. The number of hydrogen-bond acceptors (Lipinski definition) is 3. The van der Waals surface area contributed by atoms with Crippen molar-refractivity contribution in [2.45, 2.75) is 6.92 Å². The molecule has 22 heavy (non-hydrogen) atoms. The molecule has 110 valence electrons. The maximum Gasteiger partial charge on any atom is 0.255 e. The zero-order valence-electron chi connectivity index (χ0n) is 11.9. The first-order chi connectivity index (χ1) is 10.6. The highest BCUT2D eigenvalue weighted by atomic mass is 16.3. The first kappa shape index (κ1) is 13.9. The number of carbonyl (C=O) groups is 1. The molecule has 1 aromatic heterocycles. The number of rotatable bonds is 2. The lowest BCUT2D eigenvalue weighted by Crippen LogP contribution is -2.07. The summed E-state index contributed by atoms with van der Waals surface area (Å²) in [4.78, 5) is 25.8. The van der Waals surface area contributed by atoms with Crippen LogP contribution in [0.5, 0.6) is 5.75 Å². The predicted octanol–water partition coefficient (Wildman–Crippen LogP) is 2.86. The van der Waals surface area contributed by atoms with Gasteiger partial charge in [-0.25, -0.2) is 0 Å². The quantitative estimate of drug-likeness (QED) is 0.679. The molecule has 0 atom stereocenters. The number of phenols is 1. The Hall–Kier alpha value is -3.08. The minimum Gasteiger partial charge on any atom is -0.507 e. The van der Waals surface area contributed by atoms with Crippen LogP contribution in [-0.4, -0.2) is 16.0 Å². The summed E-state index contributed by atoms with van der Waals surface area (Å²) in [6.07, 6.45) is 1.57. The number of pyridine rings is 1. The Morgan fingerprint density at radius 2 is 1.95 bits per heavy atom. The Kier molecular flexibility index (Phi) is 3.39.